The molecule has 1 N–H and O–H groups in total. The number of ether oxygens (including phenoxy) is 1. The summed E-state index contributed by atoms with van der Waals surface area (Å²) >= 11 is 0. The number of rotatable bonds is 6. The molecule has 0 fully saturated rings. The molecule has 0 aliphatic rings. The van der Waals surface area contributed by atoms with Crippen molar-refractivity contribution in [3.05, 3.63) is 35.1 Å². The Balaban J connectivity index is 3.21. The summed E-state index contributed by atoms with van der Waals surface area (Å²) in [5.41, 5.74) is -0.681. The Labute approximate surface area is 112 Å². The Hall–Kier alpha value is -1.07. The molecule has 19 heavy (non-hydrogen) atoms. The SMILES string of the molecule is CCCNC(c1ccc(F)c(F)c1F)C(C)(C)OC. The molecule has 0 radical (unpaired) electrons. The lowest BCUT2D eigenvalue weighted by Gasteiger charge is -2.34. The van der Waals surface area contributed by atoms with E-state index in [4.69, 9.17) is 4.74 Å². The predicted octanol–water partition coefficient (Wildman–Crippen LogP) is 3.57. The van der Waals surface area contributed by atoms with Crippen LogP contribution in [0.1, 0.15) is 38.8 Å². The molecule has 1 unspecified atom stereocenters. The van der Waals surface area contributed by atoms with Gasteiger partial charge in [-0.05, 0) is 32.9 Å². The molecule has 1 aromatic rings. The van der Waals surface area contributed by atoms with Crippen molar-refractivity contribution >= 4 is 0 Å². The second kappa shape index (κ2) is 6.39. The molecule has 0 spiro atoms. The molecule has 0 heterocycles. The molecule has 5 heteroatoms. The third-order valence-corrected chi connectivity index (χ3v) is 3.20. The van der Waals surface area contributed by atoms with E-state index in [-0.39, 0.29) is 5.56 Å². The van der Waals surface area contributed by atoms with Crippen molar-refractivity contribution in [2.45, 2.75) is 38.8 Å². The Morgan fingerprint density at radius 2 is 1.84 bits per heavy atom. The summed E-state index contributed by atoms with van der Waals surface area (Å²) in [4.78, 5) is 0. The molecule has 1 aromatic carbocycles. The average molecular weight is 275 g/mol. The Kier molecular flexibility index (Phi) is 5.38. The van der Waals surface area contributed by atoms with Crippen LogP contribution in [0, 0.1) is 17.5 Å². The van der Waals surface area contributed by atoms with Crippen molar-refractivity contribution in [2.75, 3.05) is 13.7 Å². The first-order valence-electron chi connectivity index (χ1n) is 6.27. The first-order valence-corrected chi connectivity index (χ1v) is 6.27. The van der Waals surface area contributed by atoms with Crippen LogP contribution in [0.15, 0.2) is 12.1 Å². The molecule has 0 aliphatic carbocycles. The van der Waals surface area contributed by atoms with Crippen LogP contribution in [0.2, 0.25) is 0 Å². The molecule has 0 aromatic heterocycles. The highest BCUT2D eigenvalue weighted by atomic mass is 19.2. The minimum absolute atomic E-state index is 0.0687. The third-order valence-electron chi connectivity index (χ3n) is 3.20. The Bertz CT molecular complexity index is 435. The van der Waals surface area contributed by atoms with Crippen LogP contribution in [0.5, 0.6) is 0 Å². The molecule has 1 atom stereocenters. The van der Waals surface area contributed by atoms with Gasteiger partial charge in [-0.1, -0.05) is 13.0 Å². The van der Waals surface area contributed by atoms with Gasteiger partial charge in [0, 0.05) is 12.7 Å². The second-order valence-electron chi connectivity index (χ2n) is 4.96. The first-order chi connectivity index (χ1) is 8.85. The van der Waals surface area contributed by atoms with Crippen molar-refractivity contribution in [1.82, 2.24) is 5.32 Å². The van der Waals surface area contributed by atoms with Crippen molar-refractivity contribution in [3.8, 4) is 0 Å². The fraction of sp³-hybridized carbons (Fsp3) is 0.571. The standard InChI is InChI=1S/C14H20F3NO/c1-5-8-18-13(14(2,3)19-4)9-6-7-10(15)12(17)11(9)16/h6-7,13,18H,5,8H2,1-4H3. The van der Waals surface area contributed by atoms with Gasteiger partial charge in [-0.3, -0.25) is 0 Å². The molecule has 108 valence electrons. The third kappa shape index (κ3) is 3.48. The normalized spacial score (nSPS) is 13.6. The van der Waals surface area contributed by atoms with Gasteiger partial charge in [-0.2, -0.15) is 0 Å². The zero-order valence-electron chi connectivity index (χ0n) is 11.7. The largest absolute Gasteiger partial charge is 0.377 e. The Morgan fingerprint density at radius 1 is 1.21 bits per heavy atom. The van der Waals surface area contributed by atoms with Crippen LogP contribution < -0.4 is 5.32 Å². The van der Waals surface area contributed by atoms with E-state index in [1.807, 2.05) is 6.92 Å². The molecular weight excluding hydrogens is 255 g/mol. The maximum absolute atomic E-state index is 13.9. The molecule has 2 nitrogen and oxygen atoms in total. The van der Waals surface area contributed by atoms with Crippen LogP contribution in [0.4, 0.5) is 13.2 Å². The van der Waals surface area contributed by atoms with Gasteiger partial charge >= 0.3 is 0 Å². The van der Waals surface area contributed by atoms with Crippen LogP contribution in [0.25, 0.3) is 0 Å². The highest BCUT2D eigenvalue weighted by Gasteiger charge is 2.33. The molecule has 0 bridgehead atoms. The summed E-state index contributed by atoms with van der Waals surface area (Å²) < 4.78 is 45.6. The van der Waals surface area contributed by atoms with Gasteiger partial charge in [0.25, 0.3) is 0 Å². The first kappa shape index (κ1) is 16.0. The van der Waals surface area contributed by atoms with E-state index >= 15 is 0 Å². The maximum Gasteiger partial charge on any atom is 0.194 e. The lowest BCUT2D eigenvalue weighted by atomic mass is 9.91. The van der Waals surface area contributed by atoms with E-state index < -0.39 is 29.1 Å². The molecule has 0 amide bonds. The van der Waals surface area contributed by atoms with Crippen molar-refractivity contribution in [1.29, 1.82) is 0 Å². The number of benzene rings is 1. The minimum atomic E-state index is -1.45. The van der Waals surface area contributed by atoms with Crippen molar-refractivity contribution < 1.29 is 17.9 Å². The van der Waals surface area contributed by atoms with Gasteiger partial charge in [0.05, 0.1) is 11.6 Å². The quantitative estimate of drug-likeness (QED) is 0.801. The number of methoxy groups -OCH3 is 1. The molecule has 0 saturated heterocycles. The molecule has 0 aliphatic heterocycles. The maximum atomic E-state index is 13.9. The van der Waals surface area contributed by atoms with Gasteiger partial charge in [-0.25, -0.2) is 13.2 Å². The predicted molar refractivity (Wildman–Crippen MR) is 68.4 cm³/mol. The summed E-state index contributed by atoms with van der Waals surface area (Å²) in [7, 11) is 1.50. The summed E-state index contributed by atoms with van der Waals surface area (Å²) in [6, 6.07) is 1.62. The second-order valence-corrected chi connectivity index (χ2v) is 4.96. The number of halogens is 3. The molecule has 1 rings (SSSR count). The van der Waals surface area contributed by atoms with Gasteiger partial charge < -0.3 is 10.1 Å². The van der Waals surface area contributed by atoms with Crippen molar-refractivity contribution in [2.24, 2.45) is 0 Å². The van der Waals surface area contributed by atoms with Gasteiger partial charge in [0.15, 0.2) is 17.5 Å². The summed E-state index contributed by atoms with van der Waals surface area (Å²) in [6.45, 7) is 6.11. The number of hydrogen-bond donors (Lipinski definition) is 1. The van der Waals surface area contributed by atoms with Crippen LogP contribution in [-0.4, -0.2) is 19.3 Å². The zero-order chi connectivity index (χ0) is 14.6. The summed E-state index contributed by atoms with van der Waals surface area (Å²) in [6.07, 6.45) is 0.835. The van der Waals surface area contributed by atoms with E-state index in [0.717, 1.165) is 12.5 Å². The van der Waals surface area contributed by atoms with Crippen LogP contribution in [-0.2, 0) is 4.74 Å². The summed E-state index contributed by atoms with van der Waals surface area (Å²) in [5.74, 6) is -3.81. The lowest BCUT2D eigenvalue weighted by molar-refractivity contribution is -0.0122. The molecular formula is C14H20F3NO. The molecule has 0 saturated carbocycles. The van der Waals surface area contributed by atoms with E-state index in [9.17, 15) is 13.2 Å². The zero-order valence-corrected chi connectivity index (χ0v) is 11.7. The van der Waals surface area contributed by atoms with Gasteiger partial charge in [-0.15, -0.1) is 0 Å². The Morgan fingerprint density at radius 3 is 2.37 bits per heavy atom. The van der Waals surface area contributed by atoms with E-state index in [0.29, 0.717) is 6.54 Å². The van der Waals surface area contributed by atoms with E-state index in [2.05, 4.69) is 5.32 Å². The fourth-order valence-corrected chi connectivity index (χ4v) is 1.90. The fourth-order valence-electron chi connectivity index (χ4n) is 1.90. The van der Waals surface area contributed by atoms with Crippen LogP contribution in [0.3, 0.4) is 0 Å². The van der Waals surface area contributed by atoms with E-state index in [1.165, 1.54) is 13.2 Å². The monoisotopic (exact) mass is 275 g/mol. The van der Waals surface area contributed by atoms with E-state index in [1.54, 1.807) is 13.8 Å². The van der Waals surface area contributed by atoms with Crippen molar-refractivity contribution in [3.63, 3.8) is 0 Å². The van der Waals surface area contributed by atoms with Gasteiger partial charge in [0.1, 0.15) is 0 Å². The highest BCUT2D eigenvalue weighted by Crippen LogP contribution is 2.31. The minimum Gasteiger partial charge on any atom is -0.377 e. The highest BCUT2D eigenvalue weighted by molar-refractivity contribution is 5.26. The van der Waals surface area contributed by atoms with Crippen LogP contribution >= 0.6 is 0 Å². The number of nitrogens with one attached hydrogen (secondary N) is 1. The average Bonchev–Trinajstić information content (AvgIpc) is 2.38. The summed E-state index contributed by atoms with van der Waals surface area (Å²) in [5, 5.41) is 3.11. The number of hydrogen-bond acceptors (Lipinski definition) is 2. The smallest absolute Gasteiger partial charge is 0.194 e. The van der Waals surface area contributed by atoms with Gasteiger partial charge in [0.2, 0.25) is 0 Å². The lowest BCUT2D eigenvalue weighted by Crippen LogP contribution is -2.41. The topological polar surface area (TPSA) is 21.3 Å².